The summed E-state index contributed by atoms with van der Waals surface area (Å²) in [6.07, 6.45) is 0. The van der Waals surface area contributed by atoms with Crippen molar-refractivity contribution in [2.45, 2.75) is 13.2 Å². The lowest BCUT2D eigenvalue weighted by Gasteiger charge is -2.11. The van der Waals surface area contributed by atoms with Gasteiger partial charge in [0.2, 0.25) is 0 Å². The van der Waals surface area contributed by atoms with Crippen LogP contribution in [0.1, 0.15) is 16.7 Å². The Morgan fingerprint density at radius 2 is 2.00 bits per heavy atom. The molecule has 0 radical (unpaired) electrons. The standard InChI is InChI=1S/C15H12FNO2/c16-14-6-2-5-13(9-18)15(14)19-10-12-4-1-3-11(7-12)8-17/h1-7,18H,9-10H2. The first-order valence-electron chi connectivity index (χ1n) is 5.74. The fraction of sp³-hybridized carbons (Fsp3) is 0.133. The Hall–Kier alpha value is -2.38. The highest BCUT2D eigenvalue weighted by atomic mass is 19.1. The van der Waals surface area contributed by atoms with E-state index in [-0.39, 0.29) is 19.0 Å². The lowest BCUT2D eigenvalue weighted by Crippen LogP contribution is -2.01. The maximum atomic E-state index is 13.6. The van der Waals surface area contributed by atoms with Crippen molar-refractivity contribution in [2.24, 2.45) is 0 Å². The van der Waals surface area contributed by atoms with Gasteiger partial charge in [-0.15, -0.1) is 0 Å². The van der Waals surface area contributed by atoms with Crippen LogP contribution in [0.15, 0.2) is 42.5 Å². The summed E-state index contributed by atoms with van der Waals surface area (Å²) in [6, 6.07) is 13.3. The fourth-order valence-electron chi connectivity index (χ4n) is 1.73. The number of halogens is 1. The van der Waals surface area contributed by atoms with E-state index in [1.54, 1.807) is 30.3 Å². The molecule has 96 valence electrons. The minimum atomic E-state index is -0.511. The highest BCUT2D eigenvalue weighted by Crippen LogP contribution is 2.23. The second kappa shape index (κ2) is 5.98. The number of benzene rings is 2. The maximum Gasteiger partial charge on any atom is 0.165 e. The van der Waals surface area contributed by atoms with Gasteiger partial charge in [0.1, 0.15) is 6.61 Å². The molecule has 0 aromatic heterocycles. The molecular weight excluding hydrogens is 245 g/mol. The van der Waals surface area contributed by atoms with Crippen molar-refractivity contribution >= 4 is 0 Å². The lowest BCUT2D eigenvalue weighted by molar-refractivity contribution is 0.251. The van der Waals surface area contributed by atoms with Crippen LogP contribution in [0.25, 0.3) is 0 Å². The van der Waals surface area contributed by atoms with Crippen LogP contribution in [-0.4, -0.2) is 5.11 Å². The molecule has 0 atom stereocenters. The number of hydrogen-bond donors (Lipinski definition) is 1. The summed E-state index contributed by atoms with van der Waals surface area (Å²) in [5.74, 6) is -0.463. The Balaban J connectivity index is 2.17. The Labute approximate surface area is 110 Å². The van der Waals surface area contributed by atoms with Crippen molar-refractivity contribution in [1.82, 2.24) is 0 Å². The van der Waals surface area contributed by atoms with Crippen LogP contribution in [0, 0.1) is 17.1 Å². The second-order valence-corrected chi connectivity index (χ2v) is 3.99. The van der Waals surface area contributed by atoms with Crippen molar-refractivity contribution in [2.75, 3.05) is 0 Å². The summed E-state index contributed by atoms with van der Waals surface area (Å²) in [5, 5.41) is 17.9. The first-order chi connectivity index (χ1) is 9.24. The molecule has 19 heavy (non-hydrogen) atoms. The van der Waals surface area contributed by atoms with E-state index in [9.17, 15) is 4.39 Å². The molecule has 0 aliphatic carbocycles. The molecule has 0 saturated heterocycles. The third kappa shape index (κ3) is 3.09. The summed E-state index contributed by atoms with van der Waals surface area (Å²) < 4.78 is 19.0. The molecule has 0 heterocycles. The average Bonchev–Trinajstić information content (AvgIpc) is 2.46. The van der Waals surface area contributed by atoms with Gasteiger partial charge in [0.05, 0.1) is 18.2 Å². The van der Waals surface area contributed by atoms with Gasteiger partial charge < -0.3 is 9.84 Å². The highest BCUT2D eigenvalue weighted by Gasteiger charge is 2.09. The van der Waals surface area contributed by atoms with Crippen LogP contribution >= 0.6 is 0 Å². The zero-order valence-electron chi connectivity index (χ0n) is 10.1. The van der Waals surface area contributed by atoms with E-state index in [0.29, 0.717) is 11.1 Å². The third-order valence-corrected chi connectivity index (χ3v) is 2.66. The topological polar surface area (TPSA) is 53.2 Å². The van der Waals surface area contributed by atoms with Crippen LogP contribution in [0.2, 0.25) is 0 Å². The van der Waals surface area contributed by atoms with Crippen molar-refractivity contribution in [3.63, 3.8) is 0 Å². The lowest BCUT2D eigenvalue weighted by atomic mass is 10.1. The summed E-state index contributed by atoms with van der Waals surface area (Å²) >= 11 is 0. The third-order valence-electron chi connectivity index (χ3n) is 2.66. The average molecular weight is 257 g/mol. The van der Waals surface area contributed by atoms with Gasteiger partial charge >= 0.3 is 0 Å². The molecule has 0 fully saturated rings. The summed E-state index contributed by atoms with van der Waals surface area (Å²) in [7, 11) is 0. The molecule has 0 amide bonds. The van der Waals surface area contributed by atoms with Gasteiger partial charge in [-0.3, -0.25) is 0 Å². The normalized spacial score (nSPS) is 9.95. The first-order valence-corrected chi connectivity index (χ1v) is 5.74. The van der Waals surface area contributed by atoms with E-state index in [2.05, 4.69) is 0 Å². The fourth-order valence-corrected chi connectivity index (χ4v) is 1.73. The van der Waals surface area contributed by atoms with Crippen LogP contribution < -0.4 is 4.74 Å². The number of aliphatic hydroxyl groups is 1. The number of nitrogens with zero attached hydrogens (tertiary/aromatic N) is 1. The number of nitriles is 1. The molecule has 2 aromatic rings. The van der Waals surface area contributed by atoms with Gasteiger partial charge in [0.15, 0.2) is 11.6 Å². The minimum absolute atomic E-state index is 0.0485. The molecule has 2 aromatic carbocycles. The van der Waals surface area contributed by atoms with Crippen molar-refractivity contribution < 1.29 is 14.2 Å². The zero-order chi connectivity index (χ0) is 13.7. The monoisotopic (exact) mass is 257 g/mol. The SMILES string of the molecule is N#Cc1cccc(COc2c(F)cccc2CO)c1. The molecule has 0 aliphatic heterocycles. The van der Waals surface area contributed by atoms with Crippen molar-refractivity contribution in [3.8, 4) is 11.8 Å². The predicted octanol–water partition coefficient (Wildman–Crippen LogP) is 2.77. The van der Waals surface area contributed by atoms with Gasteiger partial charge in [-0.1, -0.05) is 24.3 Å². The molecule has 3 nitrogen and oxygen atoms in total. The first kappa shape index (κ1) is 13.1. The number of hydrogen-bond acceptors (Lipinski definition) is 3. The molecule has 4 heteroatoms. The maximum absolute atomic E-state index is 13.6. The molecule has 0 unspecified atom stereocenters. The van der Waals surface area contributed by atoms with E-state index < -0.39 is 5.82 Å². The van der Waals surface area contributed by atoms with Crippen LogP contribution in [0.4, 0.5) is 4.39 Å². The summed E-state index contributed by atoms with van der Waals surface area (Å²) in [6.45, 7) is -0.144. The van der Waals surface area contributed by atoms with Gasteiger partial charge in [-0.05, 0) is 23.8 Å². The summed E-state index contributed by atoms with van der Waals surface area (Å²) in [4.78, 5) is 0. The van der Waals surface area contributed by atoms with Crippen LogP contribution in [-0.2, 0) is 13.2 Å². The van der Waals surface area contributed by atoms with E-state index in [1.165, 1.54) is 12.1 Å². The highest BCUT2D eigenvalue weighted by molar-refractivity contribution is 5.36. The van der Waals surface area contributed by atoms with E-state index >= 15 is 0 Å². The number of aliphatic hydroxyl groups excluding tert-OH is 1. The predicted molar refractivity (Wildman–Crippen MR) is 67.8 cm³/mol. The zero-order valence-corrected chi connectivity index (χ0v) is 10.1. The Bertz CT molecular complexity index is 620. The summed E-state index contributed by atoms with van der Waals surface area (Å²) in [5.41, 5.74) is 1.69. The molecule has 1 N–H and O–H groups in total. The Morgan fingerprint density at radius 1 is 1.21 bits per heavy atom. The van der Waals surface area contributed by atoms with Crippen LogP contribution in [0.5, 0.6) is 5.75 Å². The van der Waals surface area contributed by atoms with Gasteiger partial charge in [-0.25, -0.2) is 4.39 Å². The number of para-hydroxylation sites is 1. The Kier molecular flexibility index (Phi) is 4.11. The van der Waals surface area contributed by atoms with Gasteiger partial charge in [0.25, 0.3) is 0 Å². The quantitative estimate of drug-likeness (QED) is 0.916. The number of rotatable bonds is 4. The Morgan fingerprint density at radius 3 is 2.74 bits per heavy atom. The van der Waals surface area contributed by atoms with E-state index in [1.807, 2.05) is 6.07 Å². The molecule has 0 aliphatic rings. The minimum Gasteiger partial charge on any atom is -0.485 e. The molecule has 0 spiro atoms. The molecular formula is C15H12FNO2. The van der Waals surface area contributed by atoms with Gasteiger partial charge in [-0.2, -0.15) is 5.26 Å². The van der Waals surface area contributed by atoms with Crippen molar-refractivity contribution in [3.05, 3.63) is 65.0 Å². The van der Waals surface area contributed by atoms with Crippen molar-refractivity contribution in [1.29, 1.82) is 5.26 Å². The second-order valence-electron chi connectivity index (χ2n) is 3.99. The van der Waals surface area contributed by atoms with Crippen LogP contribution in [0.3, 0.4) is 0 Å². The molecule has 0 saturated carbocycles. The smallest absolute Gasteiger partial charge is 0.165 e. The van der Waals surface area contributed by atoms with E-state index in [0.717, 1.165) is 5.56 Å². The molecule has 0 bridgehead atoms. The van der Waals surface area contributed by atoms with Gasteiger partial charge in [0, 0.05) is 5.56 Å². The molecule has 2 rings (SSSR count). The largest absolute Gasteiger partial charge is 0.485 e. The number of ether oxygens (including phenoxy) is 1. The van der Waals surface area contributed by atoms with E-state index in [4.69, 9.17) is 15.1 Å².